The molecule has 2 bridgehead atoms. The number of piperazine rings is 1. The summed E-state index contributed by atoms with van der Waals surface area (Å²) in [5.41, 5.74) is -0.138. The number of ether oxygens (including phenoxy) is 1. The molecule has 3 amide bonds. The Labute approximate surface area is 157 Å². The first-order chi connectivity index (χ1) is 13.1. The molecule has 0 radical (unpaired) electrons. The van der Waals surface area contributed by atoms with Crippen LogP contribution in [0.2, 0.25) is 0 Å². The van der Waals surface area contributed by atoms with Crippen molar-refractivity contribution >= 4 is 17.7 Å². The van der Waals surface area contributed by atoms with Crippen LogP contribution in [-0.2, 0) is 9.59 Å². The smallest absolute Gasteiger partial charge is 0.258 e. The Morgan fingerprint density at radius 3 is 2.85 bits per heavy atom. The maximum Gasteiger partial charge on any atom is 0.258 e. The third kappa shape index (κ3) is 2.59. The lowest BCUT2D eigenvalue weighted by atomic mass is 9.59. The fraction of sp³-hybridized carbons (Fsp3) is 0.550. The van der Waals surface area contributed by atoms with Gasteiger partial charge >= 0.3 is 0 Å². The average molecular weight is 369 g/mol. The van der Waals surface area contributed by atoms with E-state index in [2.05, 4.69) is 10.6 Å². The molecular formula is C20H23N3O4. The number of amides is 3. The fourth-order valence-electron chi connectivity index (χ4n) is 5.32. The maximum atomic E-state index is 13.0. The molecule has 5 aliphatic rings. The zero-order chi connectivity index (χ0) is 18.6. The minimum absolute atomic E-state index is 0.0805. The summed E-state index contributed by atoms with van der Waals surface area (Å²) < 4.78 is 6.33. The second kappa shape index (κ2) is 5.97. The van der Waals surface area contributed by atoms with Crippen LogP contribution in [0.15, 0.2) is 24.3 Å². The normalized spacial score (nSPS) is 34.5. The van der Waals surface area contributed by atoms with Crippen molar-refractivity contribution in [3.63, 3.8) is 0 Å². The number of nitrogens with zero attached hydrogens (tertiary/aromatic N) is 1. The van der Waals surface area contributed by atoms with Gasteiger partial charge in [-0.25, -0.2) is 0 Å². The van der Waals surface area contributed by atoms with Crippen LogP contribution >= 0.6 is 0 Å². The van der Waals surface area contributed by atoms with Crippen molar-refractivity contribution in [1.82, 2.24) is 15.5 Å². The van der Waals surface area contributed by atoms with Crippen LogP contribution < -0.4 is 15.4 Å². The van der Waals surface area contributed by atoms with Gasteiger partial charge in [-0.05, 0) is 37.3 Å². The number of hydrogen-bond donors (Lipinski definition) is 2. The van der Waals surface area contributed by atoms with Crippen molar-refractivity contribution in [1.29, 1.82) is 0 Å². The lowest BCUT2D eigenvalue weighted by molar-refractivity contribution is -0.158. The summed E-state index contributed by atoms with van der Waals surface area (Å²) in [6.45, 7) is 1.24. The molecule has 1 aromatic carbocycles. The fourth-order valence-corrected chi connectivity index (χ4v) is 5.32. The van der Waals surface area contributed by atoms with E-state index in [0.717, 1.165) is 12.8 Å². The molecular weight excluding hydrogens is 346 g/mol. The van der Waals surface area contributed by atoms with Crippen LogP contribution in [-0.4, -0.2) is 48.0 Å². The van der Waals surface area contributed by atoms with Gasteiger partial charge in [-0.1, -0.05) is 12.1 Å². The molecule has 4 atom stereocenters. The van der Waals surface area contributed by atoms with Gasteiger partial charge in [0.25, 0.3) is 5.91 Å². The van der Waals surface area contributed by atoms with Gasteiger partial charge in [0.1, 0.15) is 5.75 Å². The predicted molar refractivity (Wildman–Crippen MR) is 95.8 cm³/mol. The second-order valence-corrected chi connectivity index (χ2v) is 8.13. The van der Waals surface area contributed by atoms with Gasteiger partial charge < -0.3 is 20.3 Å². The molecule has 2 aliphatic heterocycles. The third-order valence-electron chi connectivity index (χ3n) is 6.63. The number of rotatable bonds is 1. The van der Waals surface area contributed by atoms with Gasteiger partial charge in [-0.3, -0.25) is 14.4 Å². The topological polar surface area (TPSA) is 87.7 Å². The van der Waals surface area contributed by atoms with E-state index in [4.69, 9.17) is 4.74 Å². The Morgan fingerprint density at radius 1 is 1.22 bits per heavy atom. The summed E-state index contributed by atoms with van der Waals surface area (Å²) in [4.78, 5) is 39.0. The van der Waals surface area contributed by atoms with Gasteiger partial charge in [-0.2, -0.15) is 0 Å². The summed E-state index contributed by atoms with van der Waals surface area (Å²) in [6, 6.07) is 7.32. The van der Waals surface area contributed by atoms with Crippen molar-refractivity contribution in [3.8, 4) is 5.75 Å². The van der Waals surface area contributed by atoms with Crippen LogP contribution in [0, 0.1) is 17.8 Å². The number of carbonyl (C=O) groups excluding carboxylic acids is 3. The number of fused-ring (bicyclic) bond motifs is 3. The molecule has 7 heteroatoms. The molecule has 4 fully saturated rings. The molecule has 1 spiro atoms. The van der Waals surface area contributed by atoms with E-state index >= 15 is 0 Å². The van der Waals surface area contributed by atoms with Gasteiger partial charge in [0, 0.05) is 31.3 Å². The molecule has 2 heterocycles. The number of nitrogens with one attached hydrogen (secondary N) is 2. The Morgan fingerprint density at radius 2 is 2.07 bits per heavy atom. The van der Waals surface area contributed by atoms with E-state index in [1.54, 1.807) is 11.0 Å². The summed E-state index contributed by atoms with van der Waals surface area (Å²) >= 11 is 0. The number of para-hydroxylation sites is 1. The summed E-state index contributed by atoms with van der Waals surface area (Å²) in [6.07, 6.45) is 3.25. The number of carbonyl (C=O) groups is 3. The van der Waals surface area contributed by atoms with E-state index in [-0.39, 0.29) is 42.0 Å². The Kier molecular flexibility index (Phi) is 3.67. The lowest BCUT2D eigenvalue weighted by Crippen LogP contribution is -2.67. The molecule has 0 unspecified atom stereocenters. The second-order valence-electron chi connectivity index (χ2n) is 8.13. The Hall–Kier alpha value is -2.57. The minimum Gasteiger partial charge on any atom is -0.467 e. The van der Waals surface area contributed by atoms with Gasteiger partial charge in [0.05, 0.1) is 12.1 Å². The SMILES string of the molecule is O=C1CN(C(=O)[C@H]2C[C@H]3CC[C@H]2C[C@]32NC(=O)c3ccccc3O2)CCN1. The average Bonchev–Trinajstić information content (AvgIpc) is 2.68. The van der Waals surface area contributed by atoms with Gasteiger partial charge in [-0.15, -0.1) is 0 Å². The zero-order valence-corrected chi connectivity index (χ0v) is 15.1. The highest BCUT2D eigenvalue weighted by molar-refractivity contribution is 5.98. The predicted octanol–water partition coefficient (Wildman–Crippen LogP) is 0.900. The van der Waals surface area contributed by atoms with Crippen LogP contribution in [0.3, 0.4) is 0 Å². The van der Waals surface area contributed by atoms with E-state index in [9.17, 15) is 14.4 Å². The van der Waals surface area contributed by atoms with Crippen LogP contribution in [0.4, 0.5) is 0 Å². The molecule has 142 valence electrons. The highest BCUT2D eigenvalue weighted by atomic mass is 16.5. The van der Waals surface area contributed by atoms with Crippen molar-refractivity contribution in [2.45, 2.75) is 31.4 Å². The Balaban J connectivity index is 1.37. The first-order valence-corrected chi connectivity index (χ1v) is 9.72. The largest absolute Gasteiger partial charge is 0.467 e. The quantitative estimate of drug-likeness (QED) is 0.770. The first kappa shape index (κ1) is 16.6. The summed E-state index contributed by atoms with van der Waals surface area (Å²) in [5.74, 6) is 0.705. The van der Waals surface area contributed by atoms with E-state index in [1.165, 1.54) is 0 Å². The molecule has 3 saturated carbocycles. The molecule has 27 heavy (non-hydrogen) atoms. The molecule has 6 rings (SSSR count). The standard InChI is InChI=1S/C20H23N3O4/c24-17-11-23(8-7-21-17)19(26)15-9-13-6-5-12(15)10-20(13)22-18(25)14-3-1-2-4-16(14)27-20/h1-4,12-13,15H,5-11H2,(H,21,24)(H,22,25)/t12-,13+,15-,20+/m0/s1. The molecule has 2 N–H and O–H groups in total. The van der Waals surface area contributed by atoms with Crippen molar-refractivity contribution in [2.75, 3.05) is 19.6 Å². The molecule has 7 nitrogen and oxygen atoms in total. The van der Waals surface area contributed by atoms with E-state index in [0.29, 0.717) is 37.2 Å². The van der Waals surface area contributed by atoms with Crippen LogP contribution in [0.5, 0.6) is 5.75 Å². The van der Waals surface area contributed by atoms with Crippen molar-refractivity contribution in [2.24, 2.45) is 17.8 Å². The number of hydrogen-bond acceptors (Lipinski definition) is 4. The summed E-state index contributed by atoms with van der Waals surface area (Å²) in [5, 5.41) is 5.88. The highest BCUT2D eigenvalue weighted by Gasteiger charge is 2.57. The molecule has 1 aromatic rings. The Bertz CT molecular complexity index is 825. The van der Waals surface area contributed by atoms with E-state index in [1.807, 2.05) is 18.2 Å². The zero-order valence-electron chi connectivity index (χ0n) is 15.1. The molecule has 3 aliphatic carbocycles. The van der Waals surface area contributed by atoms with Crippen LogP contribution in [0.25, 0.3) is 0 Å². The molecule has 0 aromatic heterocycles. The highest BCUT2D eigenvalue weighted by Crippen LogP contribution is 2.52. The van der Waals surface area contributed by atoms with Crippen molar-refractivity contribution < 1.29 is 19.1 Å². The lowest BCUT2D eigenvalue weighted by Gasteiger charge is -2.55. The van der Waals surface area contributed by atoms with Crippen molar-refractivity contribution in [3.05, 3.63) is 29.8 Å². The van der Waals surface area contributed by atoms with Gasteiger partial charge in [0.2, 0.25) is 11.8 Å². The molecule has 1 saturated heterocycles. The van der Waals surface area contributed by atoms with Crippen LogP contribution in [0.1, 0.15) is 36.0 Å². The van der Waals surface area contributed by atoms with Gasteiger partial charge in [0.15, 0.2) is 5.72 Å². The number of benzene rings is 1. The summed E-state index contributed by atoms with van der Waals surface area (Å²) in [7, 11) is 0. The minimum atomic E-state index is -0.704. The maximum absolute atomic E-state index is 13.0. The first-order valence-electron chi connectivity index (χ1n) is 9.72. The monoisotopic (exact) mass is 369 g/mol. The van der Waals surface area contributed by atoms with E-state index < -0.39 is 5.72 Å². The third-order valence-corrected chi connectivity index (χ3v) is 6.63.